The fourth-order valence-corrected chi connectivity index (χ4v) is 1.10. The Labute approximate surface area is 81.9 Å². The van der Waals surface area contributed by atoms with E-state index in [1.54, 1.807) is 24.1 Å². The number of benzene rings is 1. The van der Waals surface area contributed by atoms with Gasteiger partial charge in [0, 0.05) is 17.8 Å². The molecule has 0 amide bonds. The number of hydrogen-bond acceptors (Lipinski definition) is 1. The van der Waals surface area contributed by atoms with E-state index in [0.29, 0.717) is 10.1 Å². The number of anilines is 1. The number of nitrogens with two attached hydrogens (primary N) is 1. The van der Waals surface area contributed by atoms with Crippen molar-refractivity contribution < 1.29 is 0 Å². The average Bonchev–Trinajstić information content (AvgIpc) is 2.03. The lowest BCUT2D eigenvalue weighted by molar-refractivity contribution is 1.27. The molecule has 0 fully saturated rings. The first-order chi connectivity index (χ1) is 5.61. The van der Waals surface area contributed by atoms with Gasteiger partial charge >= 0.3 is 0 Å². The van der Waals surface area contributed by atoms with Crippen molar-refractivity contribution in [3.63, 3.8) is 0 Å². The first-order valence-electron chi connectivity index (χ1n) is 3.40. The van der Waals surface area contributed by atoms with Gasteiger partial charge in [-0.2, -0.15) is 0 Å². The molecule has 1 aromatic rings. The molecule has 12 heavy (non-hydrogen) atoms. The Hall–Kier alpha value is -0.800. The number of hydrogen-bond donors (Lipinski definition) is 1. The zero-order valence-electron chi connectivity index (χ0n) is 6.62. The largest absolute Gasteiger partial charge is 0.376 e. The van der Waals surface area contributed by atoms with Crippen LogP contribution in [0.4, 0.5) is 5.69 Å². The molecule has 0 radical (unpaired) electrons. The van der Waals surface area contributed by atoms with Gasteiger partial charge in [-0.3, -0.25) is 0 Å². The van der Waals surface area contributed by atoms with Crippen LogP contribution in [0.25, 0.3) is 0 Å². The highest BCUT2D eigenvalue weighted by Crippen LogP contribution is 2.17. The molecule has 2 N–H and O–H groups in total. The van der Waals surface area contributed by atoms with Gasteiger partial charge in [0.15, 0.2) is 5.11 Å². The summed E-state index contributed by atoms with van der Waals surface area (Å²) >= 11 is 10.6. The van der Waals surface area contributed by atoms with Gasteiger partial charge in [0.05, 0.1) is 0 Å². The Morgan fingerprint density at radius 3 is 2.75 bits per heavy atom. The number of halogens is 1. The third kappa shape index (κ3) is 2.09. The summed E-state index contributed by atoms with van der Waals surface area (Å²) in [6.07, 6.45) is 0. The summed E-state index contributed by atoms with van der Waals surface area (Å²) in [5.74, 6) is 0. The van der Waals surface area contributed by atoms with Crippen molar-refractivity contribution in [2.75, 3.05) is 11.9 Å². The van der Waals surface area contributed by atoms with E-state index in [9.17, 15) is 0 Å². The summed E-state index contributed by atoms with van der Waals surface area (Å²) in [6, 6.07) is 7.36. The van der Waals surface area contributed by atoms with Crippen LogP contribution in [0.5, 0.6) is 0 Å². The van der Waals surface area contributed by atoms with E-state index >= 15 is 0 Å². The van der Waals surface area contributed by atoms with E-state index in [0.717, 1.165) is 5.69 Å². The predicted molar refractivity (Wildman–Crippen MR) is 56.6 cm³/mol. The van der Waals surface area contributed by atoms with Crippen LogP contribution in [0.1, 0.15) is 0 Å². The van der Waals surface area contributed by atoms with E-state index in [2.05, 4.69) is 0 Å². The molecule has 0 aromatic heterocycles. The molecule has 0 aliphatic heterocycles. The van der Waals surface area contributed by atoms with E-state index in [-0.39, 0.29) is 0 Å². The van der Waals surface area contributed by atoms with Gasteiger partial charge in [-0.1, -0.05) is 17.7 Å². The summed E-state index contributed by atoms with van der Waals surface area (Å²) in [6.45, 7) is 0. The highest BCUT2D eigenvalue weighted by Gasteiger charge is 2.02. The molecule has 0 heterocycles. The number of rotatable bonds is 1. The molecule has 2 nitrogen and oxygen atoms in total. The van der Waals surface area contributed by atoms with E-state index < -0.39 is 0 Å². The molecule has 1 rings (SSSR count). The van der Waals surface area contributed by atoms with Crippen LogP contribution in [0.3, 0.4) is 0 Å². The second-order valence-electron chi connectivity index (χ2n) is 2.38. The van der Waals surface area contributed by atoms with Gasteiger partial charge in [-0.25, -0.2) is 0 Å². The average molecular weight is 201 g/mol. The third-order valence-electron chi connectivity index (χ3n) is 1.53. The minimum Gasteiger partial charge on any atom is -0.376 e. The van der Waals surface area contributed by atoms with Crippen molar-refractivity contribution in [3.05, 3.63) is 29.3 Å². The van der Waals surface area contributed by atoms with Crippen molar-refractivity contribution in [2.24, 2.45) is 5.73 Å². The van der Waals surface area contributed by atoms with Crippen LogP contribution in [0, 0.1) is 0 Å². The summed E-state index contributed by atoms with van der Waals surface area (Å²) < 4.78 is 0. The fourth-order valence-electron chi connectivity index (χ4n) is 0.812. The highest BCUT2D eigenvalue weighted by molar-refractivity contribution is 7.80. The quantitative estimate of drug-likeness (QED) is 0.704. The molecule has 0 atom stereocenters. The van der Waals surface area contributed by atoms with Gasteiger partial charge in [0.1, 0.15) is 0 Å². The van der Waals surface area contributed by atoms with Crippen LogP contribution in [0.2, 0.25) is 5.02 Å². The Kier molecular flexibility index (Phi) is 2.89. The van der Waals surface area contributed by atoms with Crippen molar-refractivity contribution in [3.8, 4) is 0 Å². The summed E-state index contributed by atoms with van der Waals surface area (Å²) in [5.41, 5.74) is 6.33. The lowest BCUT2D eigenvalue weighted by Gasteiger charge is -2.16. The van der Waals surface area contributed by atoms with Crippen molar-refractivity contribution in [1.29, 1.82) is 0 Å². The van der Waals surface area contributed by atoms with Gasteiger partial charge in [-0.05, 0) is 30.4 Å². The second-order valence-corrected chi connectivity index (χ2v) is 3.23. The molecule has 0 bridgehead atoms. The van der Waals surface area contributed by atoms with Crippen molar-refractivity contribution >= 4 is 34.6 Å². The van der Waals surface area contributed by atoms with Crippen LogP contribution in [0.15, 0.2) is 24.3 Å². The minimum atomic E-state index is 0.331. The van der Waals surface area contributed by atoms with Crippen LogP contribution >= 0.6 is 23.8 Å². The molecule has 0 aliphatic carbocycles. The smallest absolute Gasteiger partial charge is 0.170 e. The zero-order valence-corrected chi connectivity index (χ0v) is 8.19. The Balaban J connectivity index is 2.95. The van der Waals surface area contributed by atoms with Crippen molar-refractivity contribution in [1.82, 2.24) is 0 Å². The fraction of sp³-hybridized carbons (Fsp3) is 0.125. The van der Waals surface area contributed by atoms with Crippen LogP contribution in [-0.4, -0.2) is 12.2 Å². The number of thiocarbonyl (C=S) groups is 1. The Morgan fingerprint density at radius 2 is 2.25 bits per heavy atom. The molecule has 64 valence electrons. The van der Waals surface area contributed by atoms with Gasteiger partial charge < -0.3 is 10.6 Å². The predicted octanol–water partition coefficient (Wildman–Crippen LogP) is 2.02. The normalized spacial score (nSPS) is 9.50. The Morgan fingerprint density at radius 1 is 1.58 bits per heavy atom. The molecule has 1 aromatic carbocycles. The monoisotopic (exact) mass is 200 g/mol. The molecule has 0 aliphatic rings. The Bertz CT molecular complexity index is 301. The molecular weight excluding hydrogens is 192 g/mol. The summed E-state index contributed by atoms with van der Waals surface area (Å²) in [5, 5.41) is 1.01. The first kappa shape index (κ1) is 9.29. The van der Waals surface area contributed by atoms with E-state index in [1.807, 2.05) is 12.1 Å². The molecule has 4 heteroatoms. The lowest BCUT2D eigenvalue weighted by Crippen LogP contribution is -2.31. The number of nitrogens with zero attached hydrogens (tertiary/aromatic N) is 1. The maximum Gasteiger partial charge on any atom is 0.170 e. The molecule has 0 saturated heterocycles. The zero-order chi connectivity index (χ0) is 9.14. The second kappa shape index (κ2) is 3.74. The van der Waals surface area contributed by atoms with Crippen LogP contribution in [-0.2, 0) is 0 Å². The third-order valence-corrected chi connectivity index (χ3v) is 2.04. The van der Waals surface area contributed by atoms with E-state index in [1.165, 1.54) is 0 Å². The maximum absolute atomic E-state index is 5.78. The first-order valence-corrected chi connectivity index (χ1v) is 4.18. The van der Waals surface area contributed by atoms with Gasteiger partial charge in [0.25, 0.3) is 0 Å². The lowest BCUT2D eigenvalue weighted by atomic mass is 10.3. The molecule has 0 unspecified atom stereocenters. The van der Waals surface area contributed by atoms with Crippen molar-refractivity contribution in [2.45, 2.75) is 0 Å². The van der Waals surface area contributed by atoms with Gasteiger partial charge in [0.2, 0.25) is 0 Å². The highest BCUT2D eigenvalue weighted by atomic mass is 35.5. The molecule has 0 spiro atoms. The topological polar surface area (TPSA) is 29.3 Å². The molecule has 0 saturated carbocycles. The minimum absolute atomic E-state index is 0.331. The SMILES string of the molecule is CN(C(N)=S)c1cccc(Cl)c1. The maximum atomic E-state index is 5.78. The van der Waals surface area contributed by atoms with E-state index in [4.69, 9.17) is 29.6 Å². The summed E-state index contributed by atoms with van der Waals surface area (Å²) in [7, 11) is 1.80. The standard InChI is InChI=1S/C8H9ClN2S/c1-11(8(10)12)7-4-2-3-6(9)5-7/h2-5H,1H3,(H2,10,12). The van der Waals surface area contributed by atoms with Gasteiger partial charge in [-0.15, -0.1) is 0 Å². The summed E-state index contributed by atoms with van der Waals surface area (Å²) in [4.78, 5) is 1.70. The molecular formula is C8H9ClN2S. The van der Waals surface area contributed by atoms with Crippen LogP contribution < -0.4 is 10.6 Å².